The van der Waals surface area contributed by atoms with Gasteiger partial charge in [-0.05, 0) is 65.2 Å². The summed E-state index contributed by atoms with van der Waals surface area (Å²) in [5, 5.41) is 0. The van der Waals surface area contributed by atoms with E-state index < -0.39 is 0 Å². The molecule has 0 aromatic carbocycles. The lowest BCUT2D eigenvalue weighted by Crippen LogP contribution is -2.36. The fraction of sp³-hybridized carbons (Fsp3) is 1.00. The molecule has 2 heterocycles. The molecule has 2 aliphatic heterocycles. The minimum absolute atomic E-state index is 0.374. The lowest BCUT2D eigenvalue weighted by Gasteiger charge is -2.27. The number of hydrogen-bond donors (Lipinski definition) is 1. The van der Waals surface area contributed by atoms with Gasteiger partial charge in [0.05, 0.1) is 0 Å². The average molecular weight is 225 g/mol. The summed E-state index contributed by atoms with van der Waals surface area (Å²) in [6, 6.07) is 1.20. The molecule has 3 nitrogen and oxygen atoms in total. The highest BCUT2D eigenvalue weighted by atomic mass is 15.2. The molecule has 3 atom stereocenters. The molecule has 16 heavy (non-hydrogen) atoms. The van der Waals surface area contributed by atoms with E-state index in [0.29, 0.717) is 6.04 Å². The van der Waals surface area contributed by atoms with Crippen LogP contribution in [0.1, 0.15) is 32.6 Å². The number of likely N-dealkylation sites (tertiary alicyclic amines) is 2. The maximum Gasteiger partial charge on any atom is 0.0108 e. The van der Waals surface area contributed by atoms with Crippen LogP contribution in [0.15, 0.2) is 0 Å². The Morgan fingerprint density at radius 2 is 1.94 bits per heavy atom. The van der Waals surface area contributed by atoms with E-state index in [1.165, 1.54) is 51.9 Å². The number of rotatable bonds is 2. The largest absolute Gasteiger partial charge is 0.328 e. The molecule has 0 amide bonds. The molecule has 0 spiro atoms. The third kappa shape index (κ3) is 2.96. The van der Waals surface area contributed by atoms with Crippen LogP contribution in [-0.4, -0.2) is 55.1 Å². The van der Waals surface area contributed by atoms with Gasteiger partial charge in [-0.3, -0.25) is 4.90 Å². The van der Waals surface area contributed by atoms with Gasteiger partial charge in [0.15, 0.2) is 0 Å². The van der Waals surface area contributed by atoms with E-state index in [1.807, 2.05) is 0 Å². The number of nitrogens with zero attached hydrogens (tertiary/aromatic N) is 2. The van der Waals surface area contributed by atoms with E-state index in [1.54, 1.807) is 0 Å². The highest BCUT2D eigenvalue weighted by molar-refractivity contribution is 4.86. The van der Waals surface area contributed by atoms with Gasteiger partial charge >= 0.3 is 0 Å². The van der Waals surface area contributed by atoms with Crippen molar-refractivity contribution in [2.75, 3.05) is 33.2 Å². The van der Waals surface area contributed by atoms with Crippen LogP contribution in [-0.2, 0) is 0 Å². The van der Waals surface area contributed by atoms with Crippen molar-refractivity contribution in [3.8, 4) is 0 Å². The smallest absolute Gasteiger partial charge is 0.0108 e. The SMILES string of the molecule is CC(N)C1CCN(C2CCCN(C)CC2)C1. The third-order valence-electron chi connectivity index (χ3n) is 4.44. The molecule has 0 aliphatic carbocycles. The predicted octanol–water partition coefficient (Wildman–Crippen LogP) is 1.14. The standard InChI is InChI=1S/C13H27N3/c1-11(14)12-5-9-16(10-12)13-4-3-7-15(2)8-6-13/h11-13H,3-10,14H2,1-2H3. The molecule has 3 unspecified atom stereocenters. The Hall–Kier alpha value is -0.120. The molecule has 2 aliphatic rings. The van der Waals surface area contributed by atoms with Crippen molar-refractivity contribution in [1.29, 1.82) is 0 Å². The summed E-state index contributed by atoms with van der Waals surface area (Å²) in [5.41, 5.74) is 6.01. The molecule has 94 valence electrons. The Bertz CT molecular complexity index is 217. The molecule has 0 saturated carbocycles. The topological polar surface area (TPSA) is 32.5 Å². The van der Waals surface area contributed by atoms with Crippen LogP contribution in [0.25, 0.3) is 0 Å². The van der Waals surface area contributed by atoms with Crippen LogP contribution in [0.3, 0.4) is 0 Å². The average Bonchev–Trinajstić information content (AvgIpc) is 2.63. The van der Waals surface area contributed by atoms with Crippen LogP contribution >= 0.6 is 0 Å². The first kappa shape index (κ1) is 12.3. The van der Waals surface area contributed by atoms with E-state index in [2.05, 4.69) is 23.8 Å². The van der Waals surface area contributed by atoms with Gasteiger partial charge in [0.1, 0.15) is 0 Å². The Labute approximate surface area is 100.0 Å². The molecule has 2 saturated heterocycles. The molecule has 2 N–H and O–H groups in total. The van der Waals surface area contributed by atoms with Gasteiger partial charge in [0.2, 0.25) is 0 Å². The molecule has 0 aromatic rings. The molecule has 0 aromatic heterocycles. The molecule has 2 rings (SSSR count). The van der Waals surface area contributed by atoms with E-state index in [9.17, 15) is 0 Å². The van der Waals surface area contributed by atoms with Crippen molar-refractivity contribution >= 4 is 0 Å². The van der Waals surface area contributed by atoms with Crippen LogP contribution in [0.2, 0.25) is 0 Å². The molecule has 2 fully saturated rings. The Kier molecular flexibility index (Phi) is 4.22. The van der Waals surface area contributed by atoms with Gasteiger partial charge in [-0.1, -0.05) is 0 Å². The van der Waals surface area contributed by atoms with Gasteiger partial charge in [-0.15, -0.1) is 0 Å². The Morgan fingerprint density at radius 3 is 2.62 bits per heavy atom. The fourth-order valence-corrected chi connectivity index (χ4v) is 3.16. The maximum absolute atomic E-state index is 6.01. The van der Waals surface area contributed by atoms with Crippen molar-refractivity contribution in [2.45, 2.75) is 44.7 Å². The first-order valence-electron chi connectivity index (χ1n) is 6.85. The van der Waals surface area contributed by atoms with Crippen LogP contribution in [0, 0.1) is 5.92 Å². The zero-order valence-electron chi connectivity index (χ0n) is 10.9. The normalized spacial score (nSPS) is 36.2. The van der Waals surface area contributed by atoms with Crippen molar-refractivity contribution < 1.29 is 0 Å². The van der Waals surface area contributed by atoms with E-state index in [0.717, 1.165) is 12.0 Å². The summed E-state index contributed by atoms with van der Waals surface area (Å²) < 4.78 is 0. The van der Waals surface area contributed by atoms with Gasteiger partial charge in [-0.2, -0.15) is 0 Å². The maximum atomic E-state index is 6.01. The minimum atomic E-state index is 0.374. The van der Waals surface area contributed by atoms with Crippen LogP contribution < -0.4 is 5.73 Å². The fourth-order valence-electron chi connectivity index (χ4n) is 3.16. The summed E-state index contributed by atoms with van der Waals surface area (Å²) in [6.07, 6.45) is 5.41. The zero-order valence-corrected chi connectivity index (χ0v) is 10.9. The highest BCUT2D eigenvalue weighted by Gasteiger charge is 2.30. The molecule has 0 bridgehead atoms. The lowest BCUT2D eigenvalue weighted by molar-refractivity contribution is 0.209. The zero-order chi connectivity index (χ0) is 11.5. The first-order chi connectivity index (χ1) is 7.66. The van der Waals surface area contributed by atoms with Gasteiger partial charge < -0.3 is 10.6 Å². The van der Waals surface area contributed by atoms with Crippen LogP contribution in [0.5, 0.6) is 0 Å². The van der Waals surface area contributed by atoms with Crippen molar-refractivity contribution in [1.82, 2.24) is 9.80 Å². The van der Waals surface area contributed by atoms with E-state index in [-0.39, 0.29) is 0 Å². The van der Waals surface area contributed by atoms with Crippen molar-refractivity contribution in [3.05, 3.63) is 0 Å². The monoisotopic (exact) mass is 225 g/mol. The second-order valence-corrected chi connectivity index (χ2v) is 5.79. The number of hydrogen-bond acceptors (Lipinski definition) is 3. The van der Waals surface area contributed by atoms with Gasteiger partial charge in [0.25, 0.3) is 0 Å². The molecular weight excluding hydrogens is 198 g/mol. The minimum Gasteiger partial charge on any atom is -0.328 e. The van der Waals surface area contributed by atoms with E-state index >= 15 is 0 Å². The summed E-state index contributed by atoms with van der Waals surface area (Å²) in [6.45, 7) is 7.23. The second-order valence-electron chi connectivity index (χ2n) is 5.79. The van der Waals surface area contributed by atoms with Gasteiger partial charge in [0, 0.05) is 18.6 Å². The summed E-state index contributed by atoms with van der Waals surface area (Å²) in [7, 11) is 2.25. The first-order valence-corrected chi connectivity index (χ1v) is 6.85. The lowest BCUT2D eigenvalue weighted by atomic mass is 10.0. The predicted molar refractivity (Wildman–Crippen MR) is 68.5 cm³/mol. The Morgan fingerprint density at radius 1 is 1.12 bits per heavy atom. The molecule has 0 radical (unpaired) electrons. The van der Waals surface area contributed by atoms with Crippen LogP contribution in [0.4, 0.5) is 0 Å². The second kappa shape index (κ2) is 5.48. The summed E-state index contributed by atoms with van der Waals surface area (Å²) in [4.78, 5) is 5.17. The van der Waals surface area contributed by atoms with E-state index in [4.69, 9.17) is 5.73 Å². The number of nitrogens with two attached hydrogens (primary N) is 1. The molecule has 3 heteroatoms. The summed E-state index contributed by atoms with van der Waals surface area (Å²) in [5.74, 6) is 0.737. The van der Waals surface area contributed by atoms with Crippen molar-refractivity contribution in [2.24, 2.45) is 11.7 Å². The molecular formula is C13H27N3. The summed E-state index contributed by atoms with van der Waals surface area (Å²) >= 11 is 0. The highest BCUT2D eigenvalue weighted by Crippen LogP contribution is 2.25. The third-order valence-corrected chi connectivity index (χ3v) is 4.44. The van der Waals surface area contributed by atoms with Gasteiger partial charge in [-0.25, -0.2) is 0 Å². The quantitative estimate of drug-likeness (QED) is 0.765. The Balaban J connectivity index is 1.84. The van der Waals surface area contributed by atoms with Crippen molar-refractivity contribution in [3.63, 3.8) is 0 Å².